The fourth-order valence-corrected chi connectivity index (χ4v) is 2.01. The van der Waals surface area contributed by atoms with E-state index in [0.29, 0.717) is 17.2 Å². The average Bonchev–Trinajstić information content (AvgIpc) is 2.63. The first-order valence-corrected chi connectivity index (χ1v) is 7.40. The van der Waals surface area contributed by atoms with Crippen LogP contribution >= 0.6 is 0 Å². The molecule has 25 heavy (non-hydrogen) atoms. The minimum atomic E-state index is -0.338. The summed E-state index contributed by atoms with van der Waals surface area (Å²) in [6.45, 7) is 1.96. The van der Waals surface area contributed by atoms with Crippen LogP contribution in [0.15, 0.2) is 49.2 Å². The van der Waals surface area contributed by atoms with Gasteiger partial charge in [-0.2, -0.15) is 0 Å². The first kappa shape index (κ1) is 16.1. The molecule has 3 rings (SSSR count). The predicted molar refractivity (Wildman–Crippen MR) is 94.0 cm³/mol. The van der Waals surface area contributed by atoms with Crippen molar-refractivity contribution in [3.63, 3.8) is 0 Å². The molecule has 3 aromatic rings. The molecule has 0 atom stereocenters. The number of nitrogens with zero attached hydrogens (tertiary/aromatic N) is 4. The second kappa shape index (κ2) is 7.21. The number of nitrogen functional groups attached to an aromatic ring is 1. The van der Waals surface area contributed by atoms with Crippen LogP contribution < -0.4 is 21.9 Å². The number of pyridine rings is 2. The maximum Gasteiger partial charge on any atom is 0.269 e. The van der Waals surface area contributed by atoms with Gasteiger partial charge in [-0.05, 0) is 36.8 Å². The van der Waals surface area contributed by atoms with Crippen LogP contribution in [0.3, 0.4) is 0 Å². The molecule has 0 fully saturated rings. The Labute approximate surface area is 143 Å². The molecule has 3 aromatic heterocycles. The zero-order chi connectivity index (χ0) is 17.6. The van der Waals surface area contributed by atoms with E-state index in [-0.39, 0.29) is 17.4 Å². The van der Waals surface area contributed by atoms with E-state index in [1.807, 2.05) is 19.1 Å². The van der Waals surface area contributed by atoms with Gasteiger partial charge in [0.05, 0.1) is 0 Å². The molecule has 0 bridgehead atoms. The number of hydrogen-bond donors (Lipinski definition) is 4. The van der Waals surface area contributed by atoms with Gasteiger partial charge in [-0.15, -0.1) is 0 Å². The van der Waals surface area contributed by atoms with Crippen LogP contribution in [0.1, 0.15) is 15.9 Å². The van der Waals surface area contributed by atoms with Gasteiger partial charge in [0.25, 0.3) is 5.91 Å². The molecule has 9 nitrogen and oxygen atoms in total. The Morgan fingerprint density at radius 3 is 2.56 bits per heavy atom. The maximum atomic E-state index is 12.0. The summed E-state index contributed by atoms with van der Waals surface area (Å²) < 4.78 is 0. The molecule has 1 amide bonds. The molecule has 0 saturated heterocycles. The summed E-state index contributed by atoms with van der Waals surface area (Å²) in [5, 5.41) is 3.02. The summed E-state index contributed by atoms with van der Waals surface area (Å²) in [5.41, 5.74) is 13.0. The molecular formula is C16H16N8O. The van der Waals surface area contributed by atoms with Crippen LogP contribution in [0.25, 0.3) is 0 Å². The summed E-state index contributed by atoms with van der Waals surface area (Å²) in [7, 11) is 0. The highest BCUT2D eigenvalue weighted by molar-refractivity contribution is 5.95. The van der Waals surface area contributed by atoms with E-state index in [9.17, 15) is 4.79 Å². The van der Waals surface area contributed by atoms with Gasteiger partial charge < -0.3 is 11.1 Å². The lowest BCUT2D eigenvalue weighted by molar-refractivity contribution is 0.0962. The van der Waals surface area contributed by atoms with Crippen molar-refractivity contribution in [2.24, 2.45) is 0 Å². The summed E-state index contributed by atoms with van der Waals surface area (Å²) in [4.78, 5) is 28.2. The molecule has 0 aliphatic rings. The molecular weight excluding hydrogens is 320 g/mol. The van der Waals surface area contributed by atoms with E-state index >= 15 is 0 Å². The largest absolute Gasteiger partial charge is 0.393 e. The Kier molecular flexibility index (Phi) is 4.65. The molecule has 9 heteroatoms. The first-order chi connectivity index (χ1) is 12.1. The highest BCUT2D eigenvalue weighted by Crippen LogP contribution is 2.24. The number of aromatic nitrogens is 4. The summed E-state index contributed by atoms with van der Waals surface area (Å²) in [5.74, 6) is 0.925. The highest BCUT2D eigenvalue weighted by Gasteiger charge is 2.10. The van der Waals surface area contributed by atoms with Crippen molar-refractivity contribution >= 4 is 29.0 Å². The van der Waals surface area contributed by atoms with Gasteiger partial charge in [0.1, 0.15) is 17.8 Å². The highest BCUT2D eigenvalue weighted by atomic mass is 16.2. The van der Waals surface area contributed by atoms with Crippen LogP contribution in [-0.4, -0.2) is 25.8 Å². The lowest BCUT2D eigenvalue weighted by Crippen LogP contribution is -2.30. The number of carbonyl (C=O) groups excluding carboxylic acids is 1. The van der Waals surface area contributed by atoms with Crippen molar-refractivity contribution in [3.8, 4) is 0 Å². The van der Waals surface area contributed by atoms with E-state index in [1.165, 1.54) is 18.7 Å². The van der Waals surface area contributed by atoms with E-state index in [0.717, 1.165) is 5.56 Å². The fraction of sp³-hybridized carbons (Fsp3) is 0.0625. The van der Waals surface area contributed by atoms with Gasteiger partial charge in [0, 0.05) is 24.2 Å². The van der Waals surface area contributed by atoms with Gasteiger partial charge in [0.15, 0.2) is 11.6 Å². The third-order valence-corrected chi connectivity index (χ3v) is 3.28. The van der Waals surface area contributed by atoms with Gasteiger partial charge in [0.2, 0.25) is 0 Å². The lowest BCUT2D eigenvalue weighted by atomic mass is 10.3. The minimum Gasteiger partial charge on any atom is -0.393 e. The normalized spacial score (nSPS) is 10.1. The van der Waals surface area contributed by atoms with Crippen LogP contribution in [0, 0.1) is 6.92 Å². The number of hydrogen-bond acceptors (Lipinski definition) is 8. The Morgan fingerprint density at radius 1 is 1.04 bits per heavy atom. The molecule has 0 radical (unpaired) electrons. The van der Waals surface area contributed by atoms with Crippen molar-refractivity contribution in [2.75, 3.05) is 16.5 Å². The van der Waals surface area contributed by atoms with E-state index in [2.05, 4.69) is 36.1 Å². The predicted octanol–water partition coefficient (Wildman–Crippen LogP) is 1.66. The van der Waals surface area contributed by atoms with Gasteiger partial charge in [-0.1, -0.05) is 0 Å². The second-order valence-corrected chi connectivity index (χ2v) is 5.14. The smallest absolute Gasteiger partial charge is 0.269 e. The summed E-state index contributed by atoms with van der Waals surface area (Å²) in [6, 6.07) is 6.93. The average molecular weight is 336 g/mol. The number of carbonyl (C=O) groups is 1. The molecule has 5 N–H and O–H groups in total. The van der Waals surface area contributed by atoms with E-state index in [1.54, 1.807) is 18.3 Å². The summed E-state index contributed by atoms with van der Waals surface area (Å²) in [6.07, 6.45) is 6.08. The van der Waals surface area contributed by atoms with E-state index in [4.69, 9.17) is 5.73 Å². The Balaban J connectivity index is 1.72. The van der Waals surface area contributed by atoms with Crippen LogP contribution in [-0.2, 0) is 0 Å². The first-order valence-electron chi connectivity index (χ1n) is 7.40. The molecule has 0 aliphatic heterocycles. The fourth-order valence-electron chi connectivity index (χ4n) is 2.01. The van der Waals surface area contributed by atoms with Crippen molar-refractivity contribution in [1.82, 2.24) is 25.4 Å². The monoisotopic (exact) mass is 336 g/mol. The third-order valence-electron chi connectivity index (χ3n) is 3.28. The van der Waals surface area contributed by atoms with Crippen LogP contribution in [0.5, 0.6) is 0 Å². The lowest BCUT2D eigenvalue weighted by Gasteiger charge is -2.13. The van der Waals surface area contributed by atoms with Gasteiger partial charge in [-0.25, -0.2) is 15.0 Å². The number of nitrogens with two attached hydrogens (primary N) is 1. The molecule has 0 aliphatic carbocycles. The molecule has 0 aromatic carbocycles. The van der Waals surface area contributed by atoms with Crippen molar-refractivity contribution < 1.29 is 4.79 Å². The Hall–Kier alpha value is -3.75. The van der Waals surface area contributed by atoms with Gasteiger partial charge >= 0.3 is 0 Å². The number of rotatable bonds is 5. The molecule has 0 spiro atoms. The molecule has 0 saturated carbocycles. The molecule has 3 heterocycles. The van der Waals surface area contributed by atoms with Gasteiger partial charge in [-0.3, -0.25) is 20.6 Å². The number of hydrazine groups is 1. The second-order valence-electron chi connectivity index (χ2n) is 5.14. The summed E-state index contributed by atoms with van der Waals surface area (Å²) >= 11 is 0. The Bertz CT molecular complexity index is 884. The van der Waals surface area contributed by atoms with Crippen LogP contribution in [0.2, 0.25) is 0 Å². The number of nitrogens with one attached hydrogen (secondary N) is 3. The minimum absolute atomic E-state index is 0.251. The molecule has 0 unspecified atom stereocenters. The zero-order valence-electron chi connectivity index (χ0n) is 13.4. The van der Waals surface area contributed by atoms with Crippen molar-refractivity contribution in [1.29, 1.82) is 0 Å². The van der Waals surface area contributed by atoms with Crippen LogP contribution in [0.4, 0.5) is 23.1 Å². The SMILES string of the molecule is Cc1ccnc(Nc2ncnc(NNC(=O)c3ccncc3)c2N)c1. The number of anilines is 4. The maximum absolute atomic E-state index is 12.0. The van der Waals surface area contributed by atoms with E-state index < -0.39 is 0 Å². The number of aryl methyl sites for hydroxylation is 1. The quantitative estimate of drug-likeness (QED) is 0.517. The Morgan fingerprint density at radius 2 is 1.80 bits per heavy atom. The third kappa shape index (κ3) is 3.96. The van der Waals surface area contributed by atoms with Crippen molar-refractivity contribution in [2.45, 2.75) is 6.92 Å². The zero-order valence-corrected chi connectivity index (χ0v) is 13.4. The molecule has 126 valence electrons. The van der Waals surface area contributed by atoms with Crippen molar-refractivity contribution in [3.05, 3.63) is 60.3 Å². The standard InChI is InChI=1S/C16H16N8O/c1-10-2-7-19-12(8-10)22-14-13(17)15(21-9-20-14)23-24-16(25)11-3-5-18-6-4-11/h2-9H,17H2,1H3,(H,24,25)(H2,19,20,21,22,23). The topological polar surface area (TPSA) is 131 Å². The number of amides is 1.